The van der Waals surface area contributed by atoms with Gasteiger partial charge < -0.3 is 15.7 Å². The van der Waals surface area contributed by atoms with Gasteiger partial charge in [-0.05, 0) is 44.2 Å². The number of aromatic nitrogens is 4. The van der Waals surface area contributed by atoms with Crippen molar-refractivity contribution in [2.75, 3.05) is 5.32 Å². The highest BCUT2D eigenvalue weighted by molar-refractivity contribution is 8.76. The number of pyridine rings is 2. The number of hydrogen-bond acceptors (Lipinski definition) is 7. The van der Waals surface area contributed by atoms with E-state index in [1.54, 1.807) is 36.4 Å². The van der Waals surface area contributed by atoms with Gasteiger partial charge in [-0.25, -0.2) is 9.97 Å². The van der Waals surface area contributed by atoms with Gasteiger partial charge in [-0.2, -0.15) is 9.46 Å². The van der Waals surface area contributed by atoms with E-state index in [1.165, 1.54) is 34.0 Å². The van der Waals surface area contributed by atoms with Gasteiger partial charge in [0.25, 0.3) is 10.1 Å². The normalized spacial score (nSPS) is 10.1. The Bertz CT molecular complexity index is 1060. The molecule has 7 nitrogen and oxygen atoms in total. The molecular formula is C22H21N5O2S2. The van der Waals surface area contributed by atoms with E-state index in [2.05, 4.69) is 15.3 Å². The topological polar surface area (TPSA) is 91.7 Å². The number of nitrogens with zero attached hydrogens (tertiary/aromatic N) is 4. The standard InChI is InChI=1S/C12H13N3.C10H8N2O2S2/c1-9-8-10(2)14-12(13-9)15-11-6-4-3-5-7-11;13-11-7-3-1-5-9(11)15-16-10-6-2-4-8-12(10)14/h3-8H,1-2H3,(H,13,14,15);1-8H. The molecule has 3 aromatic heterocycles. The second-order valence-corrected chi connectivity index (χ2v) is 8.53. The lowest BCUT2D eigenvalue weighted by molar-refractivity contribution is -0.646. The molecule has 1 aromatic carbocycles. The van der Waals surface area contributed by atoms with Gasteiger partial charge in [-0.15, -0.1) is 0 Å². The minimum atomic E-state index is 0.552. The quantitative estimate of drug-likeness (QED) is 0.269. The van der Waals surface area contributed by atoms with E-state index in [-0.39, 0.29) is 0 Å². The minimum absolute atomic E-state index is 0.552. The summed E-state index contributed by atoms with van der Waals surface area (Å²) in [7, 11) is 2.52. The highest BCUT2D eigenvalue weighted by Crippen LogP contribution is 2.33. The highest BCUT2D eigenvalue weighted by atomic mass is 33.1. The van der Waals surface area contributed by atoms with Crippen molar-refractivity contribution in [3.8, 4) is 0 Å². The summed E-state index contributed by atoms with van der Waals surface area (Å²) in [6.45, 7) is 3.93. The van der Waals surface area contributed by atoms with Crippen LogP contribution in [0.4, 0.5) is 11.6 Å². The van der Waals surface area contributed by atoms with Crippen LogP contribution in [-0.2, 0) is 0 Å². The van der Waals surface area contributed by atoms with Gasteiger partial charge in [-0.3, -0.25) is 0 Å². The first-order chi connectivity index (χ1) is 15.0. The molecule has 0 radical (unpaired) electrons. The molecule has 0 amide bonds. The fourth-order valence-electron chi connectivity index (χ4n) is 2.47. The third kappa shape index (κ3) is 7.16. The molecule has 0 saturated heterocycles. The van der Waals surface area contributed by atoms with Gasteiger partial charge in [0.1, 0.15) is 0 Å². The van der Waals surface area contributed by atoms with Crippen LogP contribution in [0.2, 0.25) is 0 Å². The molecule has 3 heterocycles. The first kappa shape index (κ1) is 22.4. The Hall–Kier alpha value is -3.30. The van der Waals surface area contributed by atoms with Crippen molar-refractivity contribution < 1.29 is 9.46 Å². The fourth-order valence-corrected chi connectivity index (χ4v) is 4.47. The van der Waals surface area contributed by atoms with E-state index < -0.39 is 0 Å². The van der Waals surface area contributed by atoms with E-state index in [1.807, 2.05) is 50.2 Å². The van der Waals surface area contributed by atoms with Crippen molar-refractivity contribution in [1.82, 2.24) is 9.97 Å². The predicted molar refractivity (Wildman–Crippen MR) is 124 cm³/mol. The van der Waals surface area contributed by atoms with Crippen LogP contribution < -0.4 is 14.8 Å². The number of hydrogen-bond donors (Lipinski definition) is 1. The summed E-state index contributed by atoms with van der Waals surface area (Å²) in [6.07, 6.45) is 2.86. The molecule has 9 heteroatoms. The summed E-state index contributed by atoms with van der Waals surface area (Å²) in [5.74, 6) is 0.652. The maximum atomic E-state index is 11.3. The molecule has 0 aliphatic carbocycles. The second kappa shape index (κ2) is 11.2. The van der Waals surface area contributed by atoms with Crippen LogP contribution >= 0.6 is 21.6 Å². The van der Waals surface area contributed by atoms with Crippen molar-refractivity contribution in [2.24, 2.45) is 0 Å². The Labute approximate surface area is 188 Å². The smallest absolute Gasteiger partial charge is 0.262 e. The number of para-hydroxylation sites is 1. The lowest BCUT2D eigenvalue weighted by Gasteiger charge is -2.05. The van der Waals surface area contributed by atoms with Crippen molar-refractivity contribution in [1.29, 1.82) is 0 Å². The Morgan fingerprint density at radius 1 is 0.710 bits per heavy atom. The zero-order chi connectivity index (χ0) is 22.1. The van der Waals surface area contributed by atoms with Crippen LogP contribution in [0.1, 0.15) is 11.4 Å². The molecule has 0 saturated carbocycles. The number of nitrogens with one attached hydrogen (secondary N) is 1. The van der Waals surface area contributed by atoms with Crippen molar-refractivity contribution in [2.45, 2.75) is 23.9 Å². The van der Waals surface area contributed by atoms with Crippen molar-refractivity contribution >= 4 is 33.2 Å². The molecule has 0 unspecified atom stereocenters. The Morgan fingerprint density at radius 3 is 1.68 bits per heavy atom. The van der Waals surface area contributed by atoms with E-state index in [0.717, 1.165) is 26.5 Å². The molecule has 0 fully saturated rings. The van der Waals surface area contributed by atoms with Crippen LogP contribution in [0.5, 0.6) is 0 Å². The lowest BCUT2D eigenvalue weighted by atomic mass is 10.3. The molecule has 4 rings (SSSR count). The van der Waals surface area contributed by atoms with E-state index >= 15 is 0 Å². The van der Waals surface area contributed by atoms with Gasteiger partial charge in [-0.1, -0.05) is 18.2 Å². The average molecular weight is 452 g/mol. The largest absolute Gasteiger partial charge is 0.618 e. The van der Waals surface area contributed by atoms with Gasteiger partial charge in [0.15, 0.2) is 12.4 Å². The summed E-state index contributed by atoms with van der Waals surface area (Å²) < 4.78 is 1.55. The molecule has 31 heavy (non-hydrogen) atoms. The molecular weight excluding hydrogens is 430 g/mol. The van der Waals surface area contributed by atoms with Gasteiger partial charge in [0, 0.05) is 62.9 Å². The third-order valence-corrected chi connectivity index (χ3v) is 6.13. The molecule has 0 bridgehead atoms. The molecule has 0 aliphatic heterocycles. The predicted octanol–water partition coefficient (Wildman–Crippen LogP) is 4.59. The summed E-state index contributed by atoms with van der Waals surface area (Å²) in [5, 5.41) is 26.9. The monoisotopic (exact) mass is 451 g/mol. The zero-order valence-electron chi connectivity index (χ0n) is 17.0. The van der Waals surface area contributed by atoms with Gasteiger partial charge in [0.05, 0.1) is 0 Å². The maximum Gasteiger partial charge on any atom is 0.262 e. The van der Waals surface area contributed by atoms with Gasteiger partial charge in [0.2, 0.25) is 5.95 Å². The molecule has 0 atom stereocenters. The van der Waals surface area contributed by atoms with Crippen molar-refractivity contribution in [3.63, 3.8) is 0 Å². The number of benzene rings is 1. The van der Waals surface area contributed by atoms with E-state index in [4.69, 9.17) is 0 Å². The first-order valence-electron chi connectivity index (χ1n) is 9.36. The molecule has 4 aromatic rings. The van der Waals surface area contributed by atoms with Crippen LogP contribution in [-0.4, -0.2) is 9.97 Å². The number of anilines is 2. The summed E-state index contributed by atoms with van der Waals surface area (Å²) in [4.78, 5) is 8.61. The Balaban J connectivity index is 0.000000176. The molecule has 1 N–H and O–H groups in total. The summed E-state index contributed by atoms with van der Waals surface area (Å²) in [6, 6.07) is 22.2. The van der Waals surface area contributed by atoms with Crippen LogP contribution in [0.15, 0.2) is 95.2 Å². The average Bonchev–Trinajstić information content (AvgIpc) is 2.75. The van der Waals surface area contributed by atoms with Crippen LogP contribution in [0.25, 0.3) is 0 Å². The lowest BCUT2D eigenvalue weighted by Crippen LogP contribution is -2.28. The minimum Gasteiger partial charge on any atom is -0.618 e. The van der Waals surface area contributed by atoms with Gasteiger partial charge >= 0.3 is 0 Å². The molecule has 0 aliphatic rings. The molecule has 158 valence electrons. The first-order valence-corrected chi connectivity index (χ1v) is 11.5. The zero-order valence-corrected chi connectivity index (χ0v) is 18.6. The Morgan fingerprint density at radius 2 is 1.19 bits per heavy atom. The van der Waals surface area contributed by atoms with E-state index in [0.29, 0.717) is 16.0 Å². The number of aryl methyl sites for hydroxylation is 2. The van der Waals surface area contributed by atoms with Crippen LogP contribution in [0.3, 0.4) is 0 Å². The Kier molecular flexibility index (Phi) is 8.08. The highest BCUT2D eigenvalue weighted by Gasteiger charge is 2.10. The van der Waals surface area contributed by atoms with Crippen molar-refractivity contribution in [3.05, 3.63) is 107 Å². The number of rotatable bonds is 5. The van der Waals surface area contributed by atoms with Crippen LogP contribution in [0, 0.1) is 24.3 Å². The third-order valence-electron chi connectivity index (χ3n) is 3.80. The second-order valence-electron chi connectivity index (χ2n) is 6.36. The summed E-state index contributed by atoms with van der Waals surface area (Å²) in [5.41, 5.74) is 2.95. The fraction of sp³-hybridized carbons (Fsp3) is 0.0909. The SMILES string of the molecule is Cc1cc(C)nc(Nc2ccccc2)n1.[O-][n+]1ccccc1SSc1cccc[n+]1[O-]. The molecule has 0 spiro atoms. The summed E-state index contributed by atoms with van der Waals surface area (Å²) >= 11 is 0. The van der Waals surface area contributed by atoms with E-state index in [9.17, 15) is 10.4 Å². The maximum absolute atomic E-state index is 11.3.